The van der Waals surface area contributed by atoms with E-state index in [0.29, 0.717) is 6.42 Å². The molecule has 1 aromatic carbocycles. The summed E-state index contributed by atoms with van der Waals surface area (Å²) in [6.45, 7) is 1.92. The van der Waals surface area contributed by atoms with E-state index in [1.54, 1.807) is 0 Å². The Balaban J connectivity index is 2.16. The SMILES string of the molecule is CCCC(=O)NC(Sc1nc2ccccc2s1)C(Cl)(Cl)Cl. The van der Waals surface area contributed by atoms with Crippen molar-refractivity contribution >= 4 is 74.0 Å². The maximum Gasteiger partial charge on any atom is 0.220 e. The fraction of sp³-hybridized carbons (Fsp3) is 0.385. The largest absolute Gasteiger partial charge is 0.340 e. The van der Waals surface area contributed by atoms with Gasteiger partial charge in [0, 0.05) is 6.42 Å². The number of carbonyl (C=O) groups is 1. The molecule has 0 saturated carbocycles. The van der Waals surface area contributed by atoms with Crippen LogP contribution < -0.4 is 5.32 Å². The number of amides is 1. The van der Waals surface area contributed by atoms with Gasteiger partial charge in [-0.1, -0.05) is 65.6 Å². The van der Waals surface area contributed by atoms with Crippen molar-refractivity contribution in [2.24, 2.45) is 0 Å². The van der Waals surface area contributed by atoms with Crippen LogP contribution in [0.1, 0.15) is 19.8 Å². The number of nitrogens with one attached hydrogen (secondary N) is 1. The number of carbonyl (C=O) groups excluding carboxylic acids is 1. The molecule has 0 aliphatic heterocycles. The number of alkyl halides is 3. The quantitative estimate of drug-likeness (QED) is 0.449. The number of benzene rings is 1. The van der Waals surface area contributed by atoms with Crippen molar-refractivity contribution in [3.63, 3.8) is 0 Å². The lowest BCUT2D eigenvalue weighted by atomic mass is 10.3. The number of aromatic nitrogens is 1. The molecule has 2 rings (SSSR count). The lowest BCUT2D eigenvalue weighted by molar-refractivity contribution is -0.121. The summed E-state index contributed by atoms with van der Waals surface area (Å²) in [4.78, 5) is 16.2. The topological polar surface area (TPSA) is 42.0 Å². The monoisotopic (exact) mass is 382 g/mol. The van der Waals surface area contributed by atoms with E-state index in [4.69, 9.17) is 34.8 Å². The third-order valence-corrected chi connectivity index (χ3v) is 5.97. The van der Waals surface area contributed by atoms with Crippen LogP contribution >= 0.6 is 57.9 Å². The van der Waals surface area contributed by atoms with Crippen LogP contribution in [0.3, 0.4) is 0 Å². The van der Waals surface area contributed by atoms with Crippen LogP contribution in [-0.4, -0.2) is 20.1 Å². The summed E-state index contributed by atoms with van der Waals surface area (Å²) in [6, 6.07) is 7.78. The van der Waals surface area contributed by atoms with Crippen molar-refractivity contribution in [2.45, 2.75) is 33.3 Å². The number of fused-ring (bicyclic) bond motifs is 1. The average molecular weight is 384 g/mol. The Morgan fingerprint density at radius 1 is 1.43 bits per heavy atom. The summed E-state index contributed by atoms with van der Waals surface area (Å²) >= 11 is 20.7. The number of hydrogen-bond donors (Lipinski definition) is 1. The van der Waals surface area contributed by atoms with Gasteiger partial charge in [0.2, 0.25) is 9.70 Å². The molecular weight excluding hydrogens is 371 g/mol. The van der Waals surface area contributed by atoms with Crippen LogP contribution in [0.25, 0.3) is 10.2 Å². The van der Waals surface area contributed by atoms with Gasteiger partial charge in [0.1, 0.15) is 5.37 Å². The molecule has 0 saturated heterocycles. The van der Waals surface area contributed by atoms with Crippen molar-refractivity contribution < 1.29 is 4.79 Å². The van der Waals surface area contributed by atoms with Crippen molar-refractivity contribution in [3.8, 4) is 0 Å². The molecular formula is C13H13Cl3N2OS2. The molecule has 21 heavy (non-hydrogen) atoms. The summed E-state index contributed by atoms with van der Waals surface area (Å²) in [5.41, 5.74) is 0.896. The molecule has 2 aromatic rings. The lowest BCUT2D eigenvalue weighted by Gasteiger charge is -2.23. The van der Waals surface area contributed by atoms with Crippen LogP contribution in [0.15, 0.2) is 28.6 Å². The first-order valence-corrected chi connectivity index (χ1v) is 9.11. The zero-order chi connectivity index (χ0) is 15.5. The highest BCUT2D eigenvalue weighted by molar-refractivity contribution is 8.02. The summed E-state index contributed by atoms with van der Waals surface area (Å²) in [7, 11) is 0. The highest BCUT2D eigenvalue weighted by Crippen LogP contribution is 2.41. The van der Waals surface area contributed by atoms with Gasteiger partial charge >= 0.3 is 0 Å². The van der Waals surface area contributed by atoms with Gasteiger partial charge in [0.15, 0.2) is 4.34 Å². The Labute approximate surface area is 146 Å². The first kappa shape index (κ1) is 17.2. The van der Waals surface area contributed by atoms with Gasteiger partial charge in [-0.25, -0.2) is 4.98 Å². The van der Waals surface area contributed by atoms with Crippen molar-refractivity contribution in [1.29, 1.82) is 0 Å². The zero-order valence-electron chi connectivity index (χ0n) is 11.1. The number of hydrogen-bond acceptors (Lipinski definition) is 4. The number of thioether (sulfide) groups is 1. The predicted octanol–water partition coefficient (Wildman–Crippen LogP) is 5.00. The Hall–Kier alpha value is -0.200. The van der Waals surface area contributed by atoms with Gasteiger partial charge in [-0.05, 0) is 18.6 Å². The molecule has 8 heteroatoms. The van der Waals surface area contributed by atoms with Crippen LogP contribution in [0, 0.1) is 0 Å². The van der Waals surface area contributed by atoms with Crippen LogP contribution in [0.5, 0.6) is 0 Å². The van der Waals surface area contributed by atoms with Crippen LogP contribution in [-0.2, 0) is 4.79 Å². The van der Waals surface area contributed by atoms with Crippen molar-refractivity contribution in [2.75, 3.05) is 0 Å². The Morgan fingerprint density at radius 3 is 2.76 bits per heavy atom. The summed E-state index contributed by atoms with van der Waals surface area (Å²) < 4.78 is 0.207. The second-order valence-electron chi connectivity index (χ2n) is 4.30. The van der Waals surface area contributed by atoms with E-state index >= 15 is 0 Å². The number of para-hydroxylation sites is 1. The fourth-order valence-corrected chi connectivity index (χ4v) is 4.31. The number of nitrogens with zero attached hydrogens (tertiary/aromatic N) is 1. The second-order valence-corrected chi connectivity index (χ2v) is 9.06. The average Bonchev–Trinajstić information content (AvgIpc) is 2.79. The van der Waals surface area contributed by atoms with Gasteiger partial charge in [0.25, 0.3) is 0 Å². The Morgan fingerprint density at radius 2 is 2.14 bits per heavy atom. The molecule has 1 N–H and O–H groups in total. The molecule has 3 nitrogen and oxygen atoms in total. The Kier molecular flexibility index (Phi) is 6.03. The van der Waals surface area contributed by atoms with Gasteiger partial charge in [-0.15, -0.1) is 11.3 Å². The summed E-state index contributed by atoms with van der Waals surface area (Å²) in [5.74, 6) is -0.137. The normalized spacial score (nSPS) is 13.3. The van der Waals surface area contributed by atoms with Gasteiger partial charge in [0.05, 0.1) is 10.2 Å². The Bertz CT molecular complexity index is 594. The zero-order valence-corrected chi connectivity index (χ0v) is 15.0. The number of thiazole rings is 1. The summed E-state index contributed by atoms with van der Waals surface area (Å²) in [5, 5.41) is 2.07. The van der Waals surface area contributed by atoms with Gasteiger partial charge < -0.3 is 5.32 Å². The van der Waals surface area contributed by atoms with E-state index in [1.807, 2.05) is 31.2 Å². The highest BCUT2D eigenvalue weighted by atomic mass is 35.6. The minimum absolute atomic E-state index is 0.137. The maximum atomic E-state index is 11.7. The van der Waals surface area contributed by atoms with Crippen LogP contribution in [0.2, 0.25) is 0 Å². The molecule has 1 unspecified atom stereocenters. The fourth-order valence-electron chi connectivity index (χ4n) is 1.63. The molecule has 1 amide bonds. The first-order valence-electron chi connectivity index (χ1n) is 6.28. The van der Waals surface area contributed by atoms with Crippen molar-refractivity contribution in [3.05, 3.63) is 24.3 Å². The minimum atomic E-state index is -1.61. The predicted molar refractivity (Wildman–Crippen MR) is 92.6 cm³/mol. The van der Waals surface area contributed by atoms with E-state index in [9.17, 15) is 4.79 Å². The first-order chi connectivity index (χ1) is 9.90. The molecule has 1 heterocycles. The summed E-state index contributed by atoms with van der Waals surface area (Å²) in [6.07, 6.45) is 1.14. The molecule has 0 spiro atoms. The van der Waals surface area contributed by atoms with Gasteiger partial charge in [-0.3, -0.25) is 4.79 Å². The molecule has 0 radical (unpaired) electrons. The minimum Gasteiger partial charge on any atom is -0.340 e. The van der Waals surface area contributed by atoms with E-state index in [-0.39, 0.29) is 5.91 Å². The molecule has 0 bridgehead atoms. The van der Waals surface area contributed by atoms with Gasteiger partial charge in [-0.2, -0.15) is 0 Å². The molecule has 0 aliphatic carbocycles. The third kappa shape index (κ3) is 4.89. The third-order valence-electron chi connectivity index (χ3n) is 2.56. The highest BCUT2D eigenvalue weighted by Gasteiger charge is 2.35. The maximum absolute atomic E-state index is 11.7. The number of halogens is 3. The molecule has 0 fully saturated rings. The molecule has 0 aliphatic rings. The molecule has 1 atom stereocenters. The second kappa shape index (κ2) is 7.38. The standard InChI is InChI=1S/C13H13Cl3N2OS2/c1-2-5-10(19)18-11(13(14,15)16)21-12-17-8-6-3-4-7-9(8)20-12/h3-4,6-7,11H,2,5H2,1H3,(H,18,19). The molecule has 114 valence electrons. The van der Waals surface area contributed by atoms with E-state index < -0.39 is 9.17 Å². The number of rotatable bonds is 5. The van der Waals surface area contributed by atoms with E-state index in [2.05, 4.69) is 10.3 Å². The smallest absolute Gasteiger partial charge is 0.220 e. The molecule has 1 aromatic heterocycles. The van der Waals surface area contributed by atoms with E-state index in [0.717, 1.165) is 21.0 Å². The van der Waals surface area contributed by atoms with E-state index in [1.165, 1.54) is 23.1 Å². The van der Waals surface area contributed by atoms with Crippen LogP contribution in [0.4, 0.5) is 0 Å². The van der Waals surface area contributed by atoms with Crippen molar-refractivity contribution in [1.82, 2.24) is 10.3 Å². The lowest BCUT2D eigenvalue weighted by Crippen LogP contribution is -2.41.